The van der Waals surface area contributed by atoms with Crippen molar-refractivity contribution >= 4 is 8.96 Å². The van der Waals surface area contributed by atoms with E-state index in [1.54, 1.807) is 11.1 Å². The predicted molar refractivity (Wildman–Crippen MR) is 94.2 cm³/mol. The first kappa shape index (κ1) is 22.0. The number of fused-ring (bicyclic) bond motifs is 3. The largest absolute Gasteiger partial charge is 1.00 e. The summed E-state index contributed by atoms with van der Waals surface area (Å²) in [5, 5.41) is 0. The van der Waals surface area contributed by atoms with E-state index in [1.165, 1.54) is 11.1 Å². The van der Waals surface area contributed by atoms with Gasteiger partial charge in [0.15, 0.2) is 0 Å². The first-order chi connectivity index (χ1) is 10.4. The van der Waals surface area contributed by atoms with Gasteiger partial charge in [-0.25, -0.2) is 0 Å². The molecule has 0 unspecified atom stereocenters. The van der Waals surface area contributed by atoms with Gasteiger partial charge >= 0.3 is 146 Å². The third-order valence-corrected chi connectivity index (χ3v) is 12.0. The zero-order valence-corrected chi connectivity index (χ0v) is 19.2. The van der Waals surface area contributed by atoms with Gasteiger partial charge < -0.3 is 24.8 Å². The smallest absolute Gasteiger partial charge is 1.00 e. The zero-order chi connectivity index (χ0) is 15.9. The Morgan fingerprint density at radius 1 is 0.833 bits per heavy atom. The van der Waals surface area contributed by atoms with Crippen LogP contribution in [-0.4, -0.2) is 17.5 Å². The summed E-state index contributed by atoms with van der Waals surface area (Å²) in [5.74, 6) is 0. The van der Waals surface area contributed by atoms with Gasteiger partial charge in [-0.05, 0) is 0 Å². The minimum absolute atomic E-state index is 0. The molecule has 0 fully saturated rings. The molecule has 5 heteroatoms. The molecule has 3 rings (SSSR count). The molecular weight excluding hydrogens is 389 g/mol. The topological polar surface area (TPSA) is 3.24 Å². The zero-order valence-electron chi connectivity index (χ0n) is 15.0. The van der Waals surface area contributed by atoms with E-state index >= 15 is 0 Å². The van der Waals surface area contributed by atoms with Crippen LogP contribution in [-0.2, 0) is 19.4 Å². The van der Waals surface area contributed by atoms with Crippen LogP contribution in [0.2, 0.25) is 13.1 Å². The number of nitrogens with zero attached hydrogens (tertiary/aromatic N) is 1. The van der Waals surface area contributed by atoms with Gasteiger partial charge in [0.1, 0.15) is 0 Å². The van der Waals surface area contributed by atoms with Crippen molar-refractivity contribution in [2.75, 3.05) is 0 Å². The fraction of sp³-hybridized carbons (Fsp3) is 0.368. The molecule has 128 valence electrons. The van der Waals surface area contributed by atoms with Gasteiger partial charge in [0.05, 0.1) is 0 Å². The van der Waals surface area contributed by atoms with Crippen LogP contribution >= 0.6 is 0 Å². The van der Waals surface area contributed by atoms with Crippen LogP contribution in [0.1, 0.15) is 36.1 Å². The third kappa shape index (κ3) is 4.17. The van der Waals surface area contributed by atoms with Crippen molar-refractivity contribution in [3.63, 3.8) is 0 Å². The maximum absolute atomic E-state index is 2.89. The molecule has 1 aliphatic carbocycles. The molecule has 0 aliphatic heterocycles. The summed E-state index contributed by atoms with van der Waals surface area (Å²) in [6, 6.07) is 18.1. The fourth-order valence-electron chi connectivity index (χ4n) is 3.55. The van der Waals surface area contributed by atoms with Crippen LogP contribution in [0, 0.1) is 0 Å². The minimum atomic E-state index is -0.806. The summed E-state index contributed by atoms with van der Waals surface area (Å²) >= 11 is -0.221. The van der Waals surface area contributed by atoms with E-state index in [0.717, 1.165) is 0 Å². The van der Waals surface area contributed by atoms with Gasteiger partial charge in [0.25, 0.3) is 0 Å². The molecule has 2 aromatic carbocycles. The van der Waals surface area contributed by atoms with Gasteiger partial charge in [-0.1, -0.05) is 0 Å². The molecule has 0 N–H and O–H groups in total. The van der Waals surface area contributed by atoms with E-state index in [-0.39, 0.29) is 44.2 Å². The summed E-state index contributed by atoms with van der Waals surface area (Å²) in [6.45, 7) is 12.1. The third-order valence-electron chi connectivity index (χ3n) is 4.34. The maximum atomic E-state index is 2.89. The summed E-state index contributed by atoms with van der Waals surface area (Å²) in [7, 11) is -0.806. The molecule has 0 spiro atoms. The average molecular weight is 414 g/mol. The molecule has 1 nitrogen and oxygen atoms in total. The Labute approximate surface area is 170 Å². The molecule has 24 heavy (non-hydrogen) atoms. The van der Waals surface area contributed by atoms with Crippen molar-refractivity contribution in [2.45, 2.75) is 43.6 Å². The van der Waals surface area contributed by atoms with Crippen molar-refractivity contribution in [3.05, 3.63) is 59.7 Å². The van der Waals surface area contributed by atoms with Crippen LogP contribution in [0.25, 0.3) is 11.1 Å². The monoisotopic (exact) mass is 413 g/mol. The SMILES string of the molecule is C[SiH](C)[N]([Ti+2][CH]1c2ccccc2-c2ccccc21)C(C)(C)C.[Cl-].[Cl-]. The Morgan fingerprint density at radius 3 is 1.62 bits per heavy atom. The molecule has 1 aliphatic rings. The molecule has 0 saturated heterocycles. The van der Waals surface area contributed by atoms with Crippen molar-refractivity contribution in [1.82, 2.24) is 3.05 Å². The van der Waals surface area contributed by atoms with Crippen LogP contribution < -0.4 is 24.8 Å². The van der Waals surface area contributed by atoms with E-state index in [0.29, 0.717) is 9.76 Å². The molecule has 0 amide bonds. The second-order valence-electron chi connectivity index (χ2n) is 7.37. The minimum Gasteiger partial charge on any atom is -1.00 e. The van der Waals surface area contributed by atoms with Gasteiger partial charge in [0, 0.05) is 0 Å². The maximum Gasteiger partial charge on any atom is -1.00 e. The molecule has 2 aromatic rings. The summed E-state index contributed by atoms with van der Waals surface area (Å²) < 4.78 is 3.53. The average Bonchev–Trinajstić information content (AvgIpc) is 2.77. The summed E-state index contributed by atoms with van der Waals surface area (Å²) in [4.78, 5) is 0. The summed E-state index contributed by atoms with van der Waals surface area (Å²) in [6.07, 6.45) is 0. The Bertz CT molecular complexity index is 640. The number of halogens is 2. The standard InChI is InChI=1S/C13H9.C6H16NSi.2ClH.Ti/c1-3-7-12-10(5-1)9-11-6-2-4-8-13(11)12;1-6(2,3)7-8(4)5;;;/h1-9H;8H,1-5H3;2*1H;/q;-1;;;+3/p-2. The number of hydrogen-bond donors (Lipinski definition) is 0. The Kier molecular flexibility index (Phi) is 7.80. The van der Waals surface area contributed by atoms with Crippen LogP contribution in [0.5, 0.6) is 0 Å². The molecule has 0 bridgehead atoms. The Hall–Kier alpha value is -0.0888. The fourth-order valence-corrected chi connectivity index (χ4v) is 9.67. The Morgan fingerprint density at radius 2 is 1.25 bits per heavy atom. The van der Waals surface area contributed by atoms with Gasteiger partial charge in [-0.2, -0.15) is 0 Å². The first-order valence-electron chi connectivity index (χ1n) is 8.13. The van der Waals surface area contributed by atoms with Gasteiger partial charge in [-0.15, -0.1) is 0 Å². The molecule has 0 saturated carbocycles. The van der Waals surface area contributed by atoms with E-state index in [9.17, 15) is 0 Å². The molecular formula is C19H25Cl2NSiTi. The number of hydrogen-bond acceptors (Lipinski definition) is 1. The Balaban J connectivity index is 0.00000144. The first-order valence-corrected chi connectivity index (χ1v) is 12.6. The van der Waals surface area contributed by atoms with Crippen molar-refractivity contribution in [1.29, 1.82) is 0 Å². The van der Waals surface area contributed by atoms with Crippen molar-refractivity contribution in [2.24, 2.45) is 0 Å². The quantitative estimate of drug-likeness (QED) is 0.574. The van der Waals surface area contributed by atoms with Crippen LogP contribution in [0.4, 0.5) is 0 Å². The van der Waals surface area contributed by atoms with Gasteiger partial charge in [0.2, 0.25) is 0 Å². The molecule has 0 aromatic heterocycles. The van der Waals surface area contributed by atoms with E-state index in [4.69, 9.17) is 0 Å². The molecule has 0 radical (unpaired) electrons. The molecule has 0 heterocycles. The number of benzene rings is 2. The number of rotatable bonds is 3. The second kappa shape index (κ2) is 8.53. The van der Waals surface area contributed by atoms with E-state index < -0.39 is 8.96 Å². The van der Waals surface area contributed by atoms with E-state index in [2.05, 4.69) is 85.4 Å². The van der Waals surface area contributed by atoms with E-state index in [1.807, 2.05) is 0 Å². The summed E-state index contributed by atoms with van der Waals surface area (Å²) in [5.41, 5.74) is 6.35. The van der Waals surface area contributed by atoms with Crippen molar-refractivity contribution < 1.29 is 44.2 Å². The normalized spacial score (nSPS) is 13.0. The van der Waals surface area contributed by atoms with Crippen LogP contribution in [0.3, 0.4) is 0 Å². The van der Waals surface area contributed by atoms with Crippen LogP contribution in [0.15, 0.2) is 48.5 Å². The van der Waals surface area contributed by atoms with Crippen molar-refractivity contribution in [3.8, 4) is 11.1 Å². The van der Waals surface area contributed by atoms with Gasteiger partial charge in [-0.3, -0.25) is 0 Å². The molecule has 0 atom stereocenters. The predicted octanol–water partition coefficient (Wildman–Crippen LogP) is -1.15. The second-order valence-corrected chi connectivity index (χ2v) is 12.9.